The van der Waals surface area contributed by atoms with Crippen LogP contribution in [-0.4, -0.2) is 21.4 Å². The lowest BCUT2D eigenvalue weighted by Crippen LogP contribution is -2.02. The van der Waals surface area contributed by atoms with E-state index in [9.17, 15) is 9.59 Å². The number of carbonyl (C=O) groups excluding carboxylic acids is 1. The summed E-state index contributed by atoms with van der Waals surface area (Å²) in [6.45, 7) is 1.85. The van der Waals surface area contributed by atoms with Crippen molar-refractivity contribution in [2.75, 3.05) is 5.73 Å². The number of carbonyl (C=O) groups is 2. The Morgan fingerprint density at radius 1 is 1.16 bits per heavy atom. The van der Waals surface area contributed by atoms with E-state index in [1.54, 1.807) is 25.2 Å². The minimum atomic E-state index is -1.06. The summed E-state index contributed by atoms with van der Waals surface area (Å²) in [5, 5.41) is 8.97. The second-order valence-corrected chi connectivity index (χ2v) is 4.49. The van der Waals surface area contributed by atoms with Gasteiger partial charge in [-0.2, -0.15) is 0 Å². The molecule has 0 aliphatic heterocycles. The Morgan fingerprint density at radius 3 is 2.37 bits per heavy atom. The summed E-state index contributed by atoms with van der Waals surface area (Å²) in [7, 11) is 1.59. The topological polar surface area (TPSA) is 85.3 Å². The molecule has 0 spiro atoms. The Bertz CT molecular complexity index is 651. The SMILES string of the molecule is Cc1cc(N)cc(C(=O)c2cc(C(=O)O)n(C)c2)c1. The van der Waals surface area contributed by atoms with E-state index in [1.165, 1.54) is 16.8 Å². The molecule has 1 aromatic heterocycles. The van der Waals surface area contributed by atoms with Crippen LogP contribution in [0.25, 0.3) is 0 Å². The minimum Gasteiger partial charge on any atom is -0.477 e. The van der Waals surface area contributed by atoms with Gasteiger partial charge in [-0.15, -0.1) is 0 Å². The number of nitrogens with zero attached hydrogens (tertiary/aromatic N) is 1. The molecular weight excluding hydrogens is 244 g/mol. The van der Waals surface area contributed by atoms with E-state index in [0.717, 1.165) is 5.56 Å². The standard InChI is InChI=1S/C14H14N2O3/c1-8-3-9(5-11(15)4-8)13(17)10-6-12(14(18)19)16(2)7-10/h3-7H,15H2,1-2H3,(H,18,19). The third-order valence-corrected chi connectivity index (χ3v) is 2.85. The Morgan fingerprint density at radius 2 is 1.84 bits per heavy atom. The van der Waals surface area contributed by atoms with Crippen molar-refractivity contribution in [1.82, 2.24) is 4.57 Å². The Kier molecular flexibility index (Phi) is 3.12. The fourth-order valence-electron chi connectivity index (χ4n) is 2.01. The van der Waals surface area contributed by atoms with Crippen molar-refractivity contribution in [2.45, 2.75) is 6.92 Å². The van der Waals surface area contributed by atoms with E-state index in [1.807, 2.05) is 6.92 Å². The molecule has 0 saturated carbocycles. The van der Waals surface area contributed by atoms with E-state index in [2.05, 4.69) is 0 Å². The number of hydrogen-bond donors (Lipinski definition) is 2. The van der Waals surface area contributed by atoms with Crippen molar-refractivity contribution >= 4 is 17.4 Å². The van der Waals surface area contributed by atoms with Crippen LogP contribution in [-0.2, 0) is 7.05 Å². The minimum absolute atomic E-state index is 0.0731. The van der Waals surface area contributed by atoms with Crippen molar-refractivity contribution in [3.8, 4) is 0 Å². The van der Waals surface area contributed by atoms with Crippen LogP contribution in [0.1, 0.15) is 32.0 Å². The van der Waals surface area contributed by atoms with Crippen LogP contribution in [0, 0.1) is 6.92 Å². The highest BCUT2D eigenvalue weighted by molar-refractivity contribution is 6.10. The van der Waals surface area contributed by atoms with Crippen LogP contribution >= 0.6 is 0 Å². The molecule has 0 atom stereocenters. The van der Waals surface area contributed by atoms with E-state index < -0.39 is 5.97 Å². The van der Waals surface area contributed by atoms with Gasteiger partial charge in [-0.25, -0.2) is 4.79 Å². The zero-order chi connectivity index (χ0) is 14.2. The first-order valence-corrected chi connectivity index (χ1v) is 5.70. The second kappa shape index (κ2) is 4.61. The van der Waals surface area contributed by atoms with E-state index in [4.69, 9.17) is 10.8 Å². The zero-order valence-corrected chi connectivity index (χ0v) is 10.7. The molecule has 3 N–H and O–H groups in total. The van der Waals surface area contributed by atoms with Crippen LogP contribution in [0.3, 0.4) is 0 Å². The summed E-state index contributed by atoms with van der Waals surface area (Å²) in [4.78, 5) is 23.2. The van der Waals surface area contributed by atoms with Crippen molar-refractivity contribution in [2.24, 2.45) is 7.05 Å². The van der Waals surface area contributed by atoms with E-state index in [-0.39, 0.29) is 11.5 Å². The van der Waals surface area contributed by atoms with Crippen molar-refractivity contribution in [3.05, 3.63) is 52.8 Å². The number of nitrogen functional groups attached to an aromatic ring is 1. The lowest BCUT2D eigenvalue weighted by Gasteiger charge is -2.02. The van der Waals surface area contributed by atoms with E-state index >= 15 is 0 Å². The maximum atomic E-state index is 12.3. The van der Waals surface area contributed by atoms with Crippen LogP contribution in [0.4, 0.5) is 5.69 Å². The number of carboxylic acids is 1. The molecule has 5 nitrogen and oxygen atoms in total. The number of aryl methyl sites for hydroxylation is 2. The number of aromatic nitrogens is 1. The van der Waals surface area contributed by atoms with Gasteiger partial charge in [0.25, 0.3) is 0 Å². The first-order valence-electron chi connectivity index (χ1n) is 5.70. The molecule has 2 aromatic rings. The van der Waals surface area contributed by atoms with Gasteiger partial charge >= 0.3 is 5.97 Å². The van der Waals surface area contributed by atoms with Gasteiger partial charge in [0.05, 0.1) is 0 Å². The average Bonchev–Trinajstić information content (AvgIpc) is 2.69. The van der Waals surface area contributed by atoms with Gasteiger partial charge in [0, 0.05) is 30.1 Å². The molecule has 1 heterocycles. The van der Waals surface area contributed by atoms with Gasteiger partial charge in [-0.3, -0.25) is 4.79 Å². The first-order chi connectivity index (χ1) is 8.88. The number of aromatic carboxylic acids is 1. The van der Waals surface area contributed by atoms with Crippen LogP contribution in [0.2, 0.25) is 0 Å². The summed E-state index contributed by atoms with van der Waals surface area (Å²) in [5.74, 6) is -1.30. The summed E-state index contributed by atoms with van der Waals surface area (Å²) in [6.07, 6.45) is 1.50. The van der Waals surface area contributed by atoms with Crippen LogP contribution in [0.15, 0.2) is 30.5 Å². The number of anilines is 1. The van der Waals surface area contributed by atoms with Gasteiger partial charge in [0.15, 0.2) is 5.78 Å². The highest BCUT2D eigenvalue weighted by Crippen LogP contribution is 2.17. The smallest absolute Gasteiger partial charge is 0.352 e. The third-order valence-electron chi connectivity index (χ3n) is 2.85. The van der Waals surface area contributed by atoms with Gasteiger partial charge in [-0.1, -0.05) is 0 Å². The fourth-order valence-corrected chi connectivity index (χ4v) is 2.01. The third kappa shape index (κ3) is 2.49. The molecule has 0 fully saturated rings. The molecule has 1 aromatic carbocycles. The largest absolute Gasteiger partial charge is 0.477 e. The van der Waals surface area contributed by atoms with Crippen LogP contribution in [0.5, 0.6) is 0 Å². The predicted octanol–water partition coefficient (Wildman–Crippen LogP) is 1.84. The average molecular weight is 258 g/mol. The molecule has 2 rings (SSSR count). The number of ketones is 1. The van der Waals surface area contributed by atoms with E-state index in [0.29, 0.717) is 16.8 Å². The van der Waals surface area contributed by atoms with Gasteiger partial charge in [0.1, 0.15) is 5.69 Å². The molecule has 0 amide bonds. The van der Waals surface area contributed by atoms with Crippen molar-refractivity contribution in [1.29, 1.82) is 0 Å². The fraction of sp³-hybridized carbons (Fsp3) is 0.143. The molecule has 0 aliphatic carbocycles. The molecule has 98 valence electrons. The molecule has 0 radical (unpaired) electrons. The molecule has 0 aliphatic rings. The Balaban J connectivity index is 2.44. The molecule has 0 saturated heterocycles. The predicted molar refractivity (Wildman–Crippen MR) is 71.4 cm³/mol. The van der Waals surface area contributed by atoms with Gasteiger partial charge < -0.3 is 15.4 Å². The van der Waals surface area contributed by atoms with Crippen molar-refractivity contribution in [3.63, 3.8) is 0 Å². The number of benzene rings is 1. The first kappa shape index (κ1) is 12.9. The highest BCUT2D eigenvalue weighted by atomic mass is 16.4. The molecule has 0 bridgehead atoms. The quantitative estimate of drug-likeness (QED) is 0.649. The monoisotopic (exact) mass is 258 g/mol. The molecule has 19 heavy (non-hydrogen) atoms. The Labute approximate surface area is 110 Å². The number of carboxylic acid groups (broad SMARTS) is 1. The molecule has 5 heteroatoms. The summed E-state index contributed by atoms with van der Waals surface area (Å²) in [5.41, 5.74) is 7.98. The summed E-state index contributed by atoms with van der Waals surface area (Å²) in [6, 6.07) is 6.45. The number of rotatable bonds is 3. The maximum Gasteiger partial charge on any atom is 0.352 e. The molecule has 0 unspecified atom stereocenters. The number of nitrogens with two attached hydrogens (primary N) is 1. The lowest BCUT2D eigenvalue weighted by atomic mass is 10.0. The second-order valence-electron chi connectivity index (χ2n) is 4.49. The Hall–Kier alpha value is -2.56. The lowest BCUT2D eigenvalue weighted by molar-refractivity contribution is 0.0686. The molecular formula is C14H14N2O3. The normalized spacial score (nSPS) is 10.4. The van der Waals surface area contributed by atoms with Gasteiger partial charge in [0.2, 0.25) is 0 Å². The zero-order valence-electron chi connectivity index (χ0n) is 10.7. The van der Waals surface area contributed by atoms with Gasteiger partial charge in [-0.05, 0) is 36.8 Å². The number of hydrogen-bond acceptors (Lipinski definition) is 3. The summed E-state index contributed by atoms with van der Waals surface area (Å²) < 4.78 is 1.41. The highest BCUT2D eigenvalue weighted by Gasteiger charge is 2.16. The van der Waals surface area contributed by atoms with Crippen LogP contribution < -0.4 is 5.73 Å². The summed E-state index contributed by atoms with van der Waals surface area (Å²) >= 11 is 0. The maximum absolute atomic E-state index is 12.3. The van der Waals surface area contributed by atoms with Crippen molar-refractivity contribution < 1.29 is 14.7 Å².